The number of fused-ring (bicyclic) bond motifs is 6. The predicted molar refractivity (Wildman–Crippen MR) is 164 cm³/mol. The van der Waals surface area contributed by atoms with Gasteiger partial charge in [0.05, 0.1) is 16.9 Å². The van der Waals surface area contributed by atoms with Crippen molar-refractivity contribution in [3.05, 3.63) is 108 Å². The van der Waals surface area contributed by atoms with Crippen molar-refractivity contribution in [2.75, 3.05) is 0 Å². The maximum Gasteiger partial charge on any atom is 0.124 e. The standard InChI is InChI=1S/C35H28FN2S.Ir/c1-20(2)24-11-7-12-25(21(3)4)33(24)38-30-18-15-22-9-5-6-10-26(22)32(30)37-35(38)29-14-8-13-28-27-17-16-23(36)19-31(27)39-34(28)29;/h5-13,15-21H,1-4H3;/q-1;. The average molecular weight is 720 g/mol. The second kappa shape index (κ2) is 10.2. The maximum absolute atomic E-state index is 14.2. The number of rotatable bonds is 4. The van der Waals surface area contributed by atoms with E-state index in [1.54, 1.807) is 23.5 Å². The molecule has 5 heteroatoms. The maximum atomic E-state index is 14.2. The number of nitrogens with zero attached hydrogens (tertiary/aromatic N) is 2. The second-order valence-electron chi connectivity index (χ2n) is 10.9. The van der Waals surface area contributed by atoms with E-state index < -0.39 is 0 Å². The van der Waals surface area contributed by atoms with Gasteiger partial charge in [-0.2, -0.15) is 11.3 Å². The molecule has 2 nitrogen and oxygen atoms in total. The third kappa shape index (κ3) is 4.11. The minimum atomic E-state index is -0.217. The molecule has 201 valence electrons. The van der Waals surface area contributed by atoms with E-state index in [1.165, 1.54) is 22.2 Å². The van der Waals surface area contributed by atoms with E-state index in [0.29, 0.717) is 11.8 Å². The van der Waals surface area contributed by atoms with Gasteiger partial charge in [0.15, 0.2) is 0 Å². The van der Waals surface area contributed by atoms with Crippen LogP contribution in [-0.4, -0.2) is 9.55 Å². The van der Waals surface area contributed by atoms with Crippen LogP contribution in [0.5, 0.6) is 0 Å². The summed E-state index contributed by atoms with van der Waals surface area (Å²) in [6, 6.07) is 32.2. The van der Waals surface area contributed by atoms with Crippen LogP contribution in [0.1, 0.15) is 50.7 Å². The molecule has 0 bridgehead atoms. The quantitative estimate of drug-likeness (QED) is 0.166. The summed E-state index contributed by atoms with van der Waals surface area (Å²) in [7, 11) is 0. The minimum absolute atomic E-state index is 0. The van der Waals surface area contributed by atoms with Gasteiger partial charge in [0.1, 0.15) is 5.82 Å². The van der Waals surface area contributed by atoms with Gasteiger partial charge in [-0.1, -0.05) is 93.2 Å². The van der Waals surface area contributed by atoms with Crippen molar-refractivity contribution in [3.8, 4) is 17.1 Å². The van der Waals surface area contributed by atoms with Crippen molar-refractivity contribution in [2.45, 2.75) is 39.5 Å². The molecule has 0 amide bonds. The number of para-hydroxylation sites is 1. The fraction of sp³-hybridized carbons (Fsp3) is 0.171. The van der Waals surface area contributed by atoms with E-state index in [9.17, 15) is 4.39 Å². The zero-order valence-corrected chi connectivity index (χ0v) is 26.0. The molecule has 5 aromatic carbocycles. The molecule has 7 aromatic rings. The first-order valence-corrected chi connectivity index (χ1v) is 14.3. The van der Waals surface area contributed by atoms with Crippen LogP contribution in [0, 0.1) is 11.9 Å². The molecule has 7 rings (SSSR count). The van der Waals surface area contributed by atoms with Crippen LogP contribution in [-0.2, 0) is 20.1 Å². The first-order chi connectivity index (χ1) is 18.9. The van der Waals surface area contributed by atoms with E-state index >= 15 is 0 Å². The molecule has 0 aliphatic carbocycles. The van der Waals surface area contributed by atoms with E-state index in [2.05, 4.69) is 99.0 Å². The molecule has 2 aromatic heterocycles. The normalized spacial score (nSPS) is 11.9. The van der Waals surface area contributed by atoms with Gasteiger partial charge in [-0.05, 0) is 56.6 Å². The molecule has 0 aliphatic rings. The second-order valence-corrected chi connectivity index (χ2v) is 11.9. The fourth-order valence-electron chi connectivity index (χ4n) is 5.86. The van der Waals surface area contributed by atoms with Crippen molar-refractivity contribution < 1.29 is 24.5 Å². The molecule has 0 unspecified atom stereocenters. The van der Waals surface area contributed by atoms with Crippen LogP contribution in [0.2, 0.25) is 0 Å². The summed E-state index contributed by atoms with van der Waals surface area (Å²) in [6.45, 7) is 9.02. The fourth-order valence-corrected chi connectivity index (χ4v) is 7.08. The van der Waals surface area contributed by atoms with Crippen molar-refractivity contribution in [2.24, 2.45) is 0 Å². The number of halogens is 1. The van der Waals surface area contributed by atoms with Crippen molar-refractivity contribution >= 4 is 53.3 Å². The molecule has 0 N–H and O–H groups in total. The molecule has 0 aliphatic heterocycles. The number of benzene rings is 5. The van der Waals surface area contributed by atoms with E-state index in [-0.39, 0.29) is 25.9 Å². The number of hydrogen-bond donors (Lipinski definition) is 0. The van der Waals surface area contributed by atoms with Gasteiger partial charge in [-0.3, -0.25) is 4.98 Å². The molecular weight excluding hydrogens is 692 g/mol. The van der Waals surface area contributed by atoms with Gasteiger partial charge in [-0.15, -0.1) is 18.2 Å². The Hall–Kier alpha value is -3.37. The SMILES string of the molecule is CC(C)c1cccc(C(C)C)c1-n1c(-c2[c-]ccc3c2sc2cc(F)ccc23)nc2c3ccccc3ccc21.[Ir]. The molecular formula is C35H28FIrN2S-. The third-order valence-corrected chi connectivity index (χ3v) is 8.92. The van der Waals surface area contributed by atoms with E-state index in [1.807, 2.05) is 12.1 Å². The summed E-state index contributed by atoms with van der Waals surface area (Å²) in [5, 5.41) is 4.47. The molecule has 0 spiro atoms. The summed E-state index contributed by atoms with van der Waals surface area (Å²) in [6.07, 6.45) is 0. The Morgan fingerprint density at radius 2 is 1.55 bits per heavy atom. The molecule has 0 saturated heterocycles. The Morgan fingerprint density at radius 3 is 2.30 bits per heavy atom. The predicted octanol–water partition coefficient (Wildman–Crippen LogP) is 10.4. The topological polar surface area (TPSA) is 17.8 Å². The average Bonchev–Trinajstić information content (AvgIpc) is 3.50. The summed E-state index contributed by atoms with van der Waals surface area (Å²) in [5.74, 6) is 1.31. The van der Waals surface area contributed by atoms with Crippen LogP contribution in [0.25, 0.3) is 59.1 Å². The van der Waals surface area contributed by atoms with Crippen LogP contribution >= 0.6 is 11.3 Å². The van der Waals surface area contributed by atoms with Crippen LogP contribution < -0.4 is 0 Å². The first-order valence-electron chi connectivity index (χ1n) is 13.5. The van der Waals surface area contributed by atoms with Crippen molar-refractivity contribution in [3.63, 3.8) is 0 Å². The van der Waals surface area contributed by atoms with Gasteiger partial charge < -0.3 is 4.57 Å². The number of imidazole rings is 1. The summed E-state index contributed by atoms with van der Waals surface area (Å²) in [4.78, 5) is 5.39. The van der Waals surface area contributed by atoms with Crippen LogP contribution in [0.15, 0.2) is 84.9 Å². The zero-order valence-electron chi connectivity index (χ0n) is 22.8. The Bertz CT molecular complexity index is 2020. The largest absolute Gasteiger partial charge is 0.333 e. The number of aromatic nitrogens is 2. The summed E-state index contributed by atoms with van der Waals surface area (Å²) >= 11 is 1.61. The molecule has 0 saturated carbocycles. The van der Waals surface area contributed by atoms with E-state index in [0.717, 1.165) is 48.0 Å². The van der Waals surface area contributed by atoms with Gasteiger partial charge in [0.2, 0.25) is 0 Å². The number of thiophene rings is 1. The van der Waals surface area contributed by atoms with E-state index in [4.69, 9.17) is 4.98 Å². The Labute approximate surface area is 250 Å². The molecule has 40 heavy (non-hydrogen) atoms. The number of hydrogen-bond acceptors (Lipinski definition) is 2. The summed E-state index contributed by atoms with van der Waals surface area (Å²) < 4.78 is 18.6. The smallest absolute Gasteiger partial charge is 0.124 e. The third-order valence-electron chi connectivity index (χ3n) is 7.73. The summed E-state index contributed by atoms with van der Waals surface area (Å²) in [5.41, 5.74) is 6.79. The van der Waals surface area contributed by atoms with Gasteiger partial charge in [0.25, 0.3) is 0 Å². The first kappa shape index (κ1) is 26.8. The molecule has 1 radical (unpaired) electrons. The molecule has 0 atom stereocenters. The Balaban J connectivity index is 0.00000289. The minimum Gasteiger partial charge on any atom is -0.333 e. The molecule has 2 heterocycles. The molecule has 0 fully saturated rings. The van der Waals surface area contributed by atoms with Crippen molar-refractivity contribution in [1.82, 2.24) is 9.55 Å². The Morgan fingerprint density at radius 1 is 0.800 bits per heavy atom. The zero-order chi connectivity index (χ0) is 26.8. The Kier molecular flexibility index (Phi) is 6.86. The van der Waals surface area contributed by atoms with Gasteiger partial charge in [0, 0.05) is 35.9 Å². The van der Waals surface area contributed by atoms with Crippen molar-refractivity contribution in [1.29, 1.82) is 0 Å². The van der Waals surface area contributed by atoms with Gasteiger partial charge in [-0.25, -0.2) is 4.39 Å². The van der Waals surface area contributed by atoms with Crippen LogP contribution in [0.4, 0.5) is 4.39 Å². The van der Waals surface area contributed by atoms with Gasteiger partial charge >= 0.3 is 0 Å². The van der Waals surface area contributed by atoms with Crippen LogP contribution in [0.3, 0.4) is 0 Å². The monoisotopic (exact) mass is 720 g/mol.